The van der Waals surface area contributed by atoms with Crippen molar-refractivity contribution in [2.75, 3.05) is 13.1 Å². The molecule has 1 rings (SSSR count). The molecule has 0 fully saturated rings. The number of nitrogens with two attached hydrogens (primary N) is 2. The summed E-state index contributed by atoms with van der Waals surface area (Å²) in [7, 11) is 0. The van der Waals surface area contributed by atoms with E-state index in [9.17, 15) is 4.79 Å². The maximum atomic E-state index is 12.8. The van der Waals surface area contributed by atoms with Crippen LogP contribution < -0.4 is 11.6 Å². The maximum Gasteiger partial charge on any atom is 0.325 e. The van der Waals surface area contributed by atoms with Crippen molar-refractivity contribution in [2.24, 2.45) is 16.7 Å². The van der Waals surface area contributed by atoms with Crippen LogP contribution in [0.2, 0.25) is 0 Å². The SMILES string of the molecule is C=C(S)N(CCc1ccccc1)C(=O)N(C/C(N)=N/N)C(C)C. The molecule has 0 unspecified atom stereocenters. The molecule has 0 saturated carbocycles. The molecule has 0 bridgehead atoms. The Labute approximate surface area is 143 Å². The lowest BCUT2D eigenvalue weighted by atomic mass is 10.1. The van der Waals surface area contributed by atoms with Gasteiger partial charge in [0.05, 0.1) is 11.6 Å². The molecule has 6 nitrogen and oxygen atoms in total. The van der Waals surface area contributed by atoms with Crippen molar-refractivity contribution < 1.29 is 4.79 Å². The largest absolute Gasteiger partial charge is 0.384 e. The second-order valence-corrected chi connectivity index (χ2v) is 5.94. The summed E-state index contributed by atoms with van der Waals surface area (Å²) in [5.41, 5.74) is 6.80. The van der Waals surface area contributed by atoms with Gasteiger partial charge < -0.3 is 16.5 Å². The molecule has 0 aliphatic carbocycles. The second kappa shape index (κ2) is 9.09. The summed E-state index contributed by atoms with van der Waals surface area (Å²) in [5, 5.41) is 3.82. The fraction of sp³-hybridized carbons (Fsp3) is 0.375. The van der Waals surface area contributed by atoms with E-state index in [4.69, 9.17) is 11.6 Å². The van der Waals surface area contributed by atoms with Crippen molar-refractivity contribution in [3.05, 3.63) is 47.5 Å². The quantitative estimate of drug-likeness (QED) is 0.234. The minimum absolute atomic E-state index is 0.0605. The number of hydrogen-bond acceptors (Lipinski definition) is 4. The molecule has 0 spiro atoms. The molecule has 126 valence electrons. The van der Waals surface area contributed by atoms with E-state index < -0.39 is 0 Å². The van der Waals surface area contributed by atoms with E-state index in [1.807, 2.05) is 44.2 Å². The predicted octanol–water partition coefficient (Wildman–Crippen LogP) is 1.99. The van der Waals surface area contributed by atoms with Gasteiger partial charge in [-0.1, -0.05) is 36.9 Å². The van der Waals surface area contributed by atoms with Crippen molar-refractivity contribution in [3.8, 4) is 0 Å². The van der Waals surface area contributed by atoms with Gasteiger partial charge in [0.1, 0.15) is 5.84 Å². The highest BCUT2D eigenvalue weighted by atomic mass is 32.1. The van der Waals surface area contributed by atoms with Gasteiger partial charge in [0, 0.05) is 12.6 Å². The first-order valence-electron chi connectivity index (χ1n) is 7.39. The molecule has 23 heavy (non-hydrogen) atoms. The Morgan fingerprint density at radius 3 is 2.43 bits per heavy atom. The highest BCUT2D eigenvalue weighted by Crippen LogP contribution is 2.14. The highest BCUT2D eigenvalue weighted by Gasteiger charge is 2.24. The van der Waals surface area contributed by atoms with Gasteiger partial charge >= 0.3 is 6.03 Å². The molecule has 0 atom stereocenters. The van der Waals surface area contributed by atoms with Crippen LogP contribution in [0.15, 0.2) is 47.0 Å². The number of rotatable bonds is 7. The van der Waals surface area contributed by atoms with Crippen LogP contribution in [0, 0.1) is 0 Å². The van der Waals surface area contributed by atoms with Crippen molar-refractivity contribution in [1.82, 2.24) is 9.80 Å². The van der Waals surface area contributed by atoms with Gasteiger partial charge in [0.15, 0.2) is 0 Å². The van der Waals surface area contributed by atoms with Crippen LogP contribution in [-0.4, -0.2) is 40.8 Å². The monoisotopic (exact) mass is 335 g/mol. The van der Waals surface area contributed by atoms with Gasteiger partial charge in [0.25, 0.3) is 0 Å². The van der Waals surface area contributed by atoms with E-state index in [0.29, 0.717) is 18.0 Å². The molecular weight excluding hydrogens is 310 g/mol. The third-order valence-electron chi connectivity index (χ3n) is 3.38. The lowest BCUT2D eigenvalue weighted by Crippen LogP contribution is -2.49. The Bertz CT molecular complexity index is 559. The number of amides is 2. The number of amidine groups is 1. The average molecular weight is 335 g/mol. The Morgan fingerprint density at radius 1 is 1.35 bits per heavy atom. The first-order valence-corrected chi connectivity index (χ1v) is 7.83. The normalized spacial score (nSPS) is 11.4. The molecule has 0 radical (unpaired) electrons. The second-order valence-electron chi connectivity index (χ2n) is 5.43. The molecule has 0 aliphatic rings. The average Bonchev–Trinajstić information content (AvgIpc) is 2.52. The number of benzene rings is 1. The Hall–Kier alpha value is -2.15. The van der Waals surface area contributed by atoms with Crippen LogP contribution in [-0.2, 0) is 6.42 Å². The Morgan fingerprint density at radius 2 is 1.96 bits per heavy atom. The first kappa shape index (κ1) is 18.9. The van der Waals surface area contributed by atoms with Crippen molar-refractivity contribution in [2.45, 2.75) is 26.3 Å². The lowest BCUT2D eigenvalue weighted by molar-refractivity contribution is 0.163. The fourth-order valence-corrected chi connectivity index (χ4v) is 2.25. The topological polar surface area (TPSA) is 88.0 Å². The number of hydrogen-bond donors (Lipinski definition) is 3. The van der Waals surface area contributed by atoms with Gasteiger partial charge in [-0.2, -0.15) is 5.10 Å². The van der Waals surface area contributed by atoms with E-state index in [-0.39, 0.29) is 24.5 Å². The van der Waals surface area contributed by atoms with Gasteiger partial charge in [-0.25, -0.2) is 4.79 Å². The minimum Gasteiger partial charge on any atom is -0.384 e. The zero-order chi connectivity index (χ0) is 17.4. The molecule has 2 amide bonds. The van der Waals surface area contributed by atoms with Gasteiger partial charge in [-0.15, -0.1) is 12.6 Å². The third-order valence-corrected chi connectivity index (χ3v) is 3.62. The standard InChI is InChI=1S/C16H25N5OS/c1-12(2)21(11-15(17)19-18)16(22)20(13(3)23)10-9-14-7-5-4-6-8-14/h4-8,12,23H,3,9-11,18H2,1-2H3,(H2,17,19). The Kier molecular flexibility index (Phi) is 7.47. The summed E-state index contributed by atoms with van der Waals surface area (Å²) in [4.78, 5) is 15.9. The van der Waals surface area contributed by atoms with E-state index in [1.165, 1.54) is 4.90 Å². The summed E-state index contributed by atoms with van der Waals surface area (Å²) in [6, 6.07) is 9.65. The lowest BCUT2D eigenvalue weighted by Gasteiger charge is -2.32. The summed E-state index contributed by atoms with van der Waals surface area (Å²) in [5.74, 6) is 5.36. The van der Waals surface area contributed by atoms with Gasteiger partial charge in [-0.05, 0) is 25.8 Å². The number of urea groups is 1. The van der Waals surface area contributed by atoms with Crippen molar-refractivity contribution >= 4 is 24.5 Å². The first-order chi connectivity index (χ1) is 10.9. The maximum absolute atomic E-state index is 12.8. The van der Waals surface area contributed by atoms with E-state index in [2.05, 4.69) is 24.3 Å². The molecule has 1 aromatic carbocycles. The van der Waals surface area contributed by atoms with E-state index in [0.717, 1.165) is 5.56 Å². The number of thiol groups is 1. The van der Waals surface area contributed by atoms with E-state index in [1.54, 1.807) is 4.90 Å². The van der Waals surface area contributed by atoms with E-state index >= 15 is 0 Å². The molecular formula is C16H25N5OS. The van der Waals surface area contributed by atoms with Crippen LogP contribution in [0.5, 0.6) is 0 Å². The van der Waals surface area contributed by atoms with Crippen LogP contribution in [0.1, 0.15) is 19.4 Å². The van der Waals surface area contributed by atoms with Gasteiger partial charge in [-0.3, -0.25) is 4.90 Å². The molecule has 0 heterocycles. The molecule has 1 aromatic rings. The van der Waals surface area contributed by atoms with Crippen LogP contribution in [0.25, 0.3) is 0 Å². The predicted molar refractivity (Wildman–Crippen MR) is 98.0 cm³/mol. The summed E-state index contributed by atoms with van der Waals surface area (Å²) >= 11 is 4.25. The number of hydrazone groups is 1. The number of carbonyl (C=O) groups is 1. The number of nitrogens with zero attached hydrogens (tertiary/aromatic N) is 3. The molecule has 0 aromatic heterocycles. The van der Waals surface area contributed by atoms with Crippen LogP contribution in [0.3, 0.4) is 0 Å². The molecule has 0 saturated heterocycles. The summed E-state index contributed by atoms with van der Waals surface area (Å²) < 4.78 is 0. The van der Waals surface area contributed by atoms with Gasteiger partial charge in [0.2, 0.25) is 0 Å². The zero-order valence-corrected chi connectivity index (χ0v) is 14.5. The number of carbonyl (C=O) groups excluding carboxylic acids is 1. The Balaban J connectivity index is 2.85. The molecule has 4 N–H and O–H groups in total. The summed E-state index contributed by atoms with van der Waals surface area (Å²) in [6.45, 7) is 8.23. The molecule has 7 heteroatoms. The fourth-order valence-electron chi connectivity index (χ4n) is 2.06. The van der Waals surface area contributed by atoms with Crippen LogP contribution in [0.4, 0.5) is 4.79 Å². The van der Waals surface area contributed by atoms with Crippen molar-refractivity contribution in [1.29, 1.82) is 0 Å². The minimum atomic E-state index is -0.220. The molecule has 0 aliphatic heterocycles. The zero-order valence-electron chi connectivity index (χ0n) is 13.6. The van der Waals surface area contributed by atoms with Crippen molar-refractivity contribution in [3.63, 3.8) is 0 Å². The summed E-state index contributed by atoms with van der Waals surface area (Å²) in [6.07, 6.45) is 0.707. The smallest absolute Gasteiger partial charge is 0.325 e. The van der Waals surface area contributed by atoms with Crippen LogP contribution >= 0.6 is 12.6 Å². The third kappa shape index (κ3) is 5.86. The highest BCUT2D eigenvalue weighted by molar-refractivity contribution is 7.84.